The van der Waals surface area contributed by atoms with Gasteiger partial charge in [0.1, 0.15) is 0 Å². The molecule has 2 atom stereocenters. The second-order valence-corrected chi connectivity index (χ2v) is 6.84. The molecule has 2 aromatic rings. The molecular weight excluding hydrogens is 302 g/mol. The highest BCUT2D eigenvalue weighted by atomic mass is 16.5. The van der Waals surface area contributed by atoms with Gasteiger partial charge in [-0.3, -0.25) is 9.78 Å². The third-order valence-electron chi connectivity index (χ3n) is 5.38. The van der Waals surface area contributed by atoms with Crippen molar-refractivity contribution in [2.45, 2.75) is 19.3 Å². The average molecular weight is 323 g/mol. The van der Waals surface area contributed by atoms with Gasteiger partial charge < -0.3 is 9.64 Å². The highest BCUT2D eigenvalue weighted by Crippen LogP contribution is 2.49. The van der Waals surface area contributed by atoms with E-state index >= 15 is 0 Å². The van der Waals surface area contributed by atoms with Gasteiger partial charge >= 0.3 is 0 Å². The molecule has 2 aliphatic rings. The topological polar surface area (TPSA) is 55.3 Å². The molecule has 0 aromatic carbocycles. The SMILES string of the molecule is O=C(c1cccnc1)N1C[C@H]2CCC[C@@]2(COc2ccccn2)C1. The van der Waals surface area contributed by atoms with E-state index in [1.54, 1.807) is 18.6 Å². The molecule has 2 aromatic heterocycles. The maximum Gasteiger partial charge on any atom is 0.255 e. The van der Waals surface area contributed by atoms with Crippen LogP contribution in [0.15, 0.2) is 48.9 Å². The third-order valence-corrected chi connectivity index (χ3v) is 5.38. The van der Waals surface area contributed by atoms with Crippen molar-refractivity contribution in [2.75, 3.05) is 19.7 Å². The molecule has 0 radical (unpaired) electrons. The van der Waals surface area contributed by atoms with E-state index in [1.807, 2.05) is 35.2 Å². The van der Waals surface area contributed by atoms with E-state index in [0.717, 1.165) is 19.5 Å². The Hall–Kier alpha value is -2.43. The van der Waals surface area contributed by atoms with E-state index in [2.05, 4.69) is 9.97 Å². The van der Waals surface area contributed by atoms with Crippen molar-refractivity contribution in [1.29, 1.82) is 0 Å². The smallest absolute Gasteiger partial charge is 0.255 e. The van der Waals surface area contributed by atoms with Crippen molar-refractivity contribution in [3.05, 3.63) is 54.5 Å². The zero-order chi connectivity index (χ0) is 16.4. The number of rotatable bonds is 4. The maximum absolute atomic E-state index is 12.7. The summed E-state index contributed by atoms with van der Waals surface area (Å²) in [5.74, 6) is 1.26. The molecule has 5 heteroatoms. The predicted octanol–water partition coefficient (Wildman–Crippen LogP) is 2.80. The lowest BCUT2D eigenvalue weighted by Crippen LogP contribution is -2.35. The van der Waals surface area contributed by atoms with Crippen molar-refractivity contribution in [3.63, 3.8) is 0 Å². The average Bonchev–Trinajstić information content (AvgIpc) is 3.18. The normalized spacial score (nSPS) is 25.5. The van der Waals surface area contributed by atoms with Gasteiger partial charge in [-0.15, -0.1) is 0 Å². The van der Waals surface area contributed by atoms with E-state index in [4.69, 9.17) is 4.74 Å². The van der Waals surface area contributed by atoms with Crippen molar-refractivity contribution in [3.8, 4) is 5.88 Å². The summed E-state index contributed by atoms with van der Waals surface area (Å²) >= 11 is 0. The van der Waals surface area contributed by atoms with Crippen LogP contribution in [0.25, 0.3) is 0 Å². The second-order valence-electron chi connectivity index (χ2n) is 6.84. The van der Waals surface area contributed by atoms with Crippen molar-refractivity contribution < 1.29 is 9.53 Å². The summed E-state index contributed by atoms with van der Waals surface area (Å²) in [6, 6.07) is 9.34. The minimum absolute atomic E-state index is 0.0649. The van der Waals surface area contributed by atoms with Crippen LogP contribution < -0.4 is 4.74 Å². The number of hydrogen-bond donors (Lipinski definition) is 0. The summed E-state index contributed by atoms with van der Waals surface area (Å²) in [6.45, 7) is 2.21. The van der Waals surface area contributed by atoms with Crippen LogP contribution in [0.5, 0.6) is 5.88 Å². The first-order valence-corrected chi connectivity index (χ1v) is 8.50. The number of nitrogens with zero attached hydrogens (tertiary/aromatic N) is 3. The van der Waals surface area contributed by atoms with Crippen LogP contribution in [0.2, 0.25) is 0 Å². The van der Waals surface area contributed by atoms with Gasteiger partial charge in [-0.1, -0.05) is 12.5 Å². The van der Waals surface area contributed by atoms with Gasteiger partial charge in [0.05, 0.1) is 12.2 Å². The Morgan fingerprint density at radius 3 is 3.04 bits per heavy atom. The van der Waals surface area contributed by atoms with Gasteiger partial charge in [0.2, 0.25) is 5.88 Å². The molecular formula is C19H21N3O2. The molecule has 0 unspecified atom stereocenters. The summed E-state index contributed by atoms with van der Waals surface area (Å²) in [5.41, 5.74) is 0.730. The highest BCUT2D eigenvalue weighted by Gasteiger charge is 2.51. The first-order valence-electron chi connectivity index (χ1n) is 8.50. The van der Waals surface area contributed by atoms with Gasteiger partial charge in [0.15, 0.2) is 0 Å². The number of ether oxygens (including phenoxy) is 1. The number of aromatic nitrogens is 2. The molecule has 4 rings (SSSR count). The molecule has 1 saturated heterocycles. The molecule has 124 valence electrons. The van der Waals surface area contributed by atoms with Crippen LogP contribution >= 0.6 is 0 Å². The van der Waals surface area contributed by atoms with E-state index in [1.165, 1.54) is 12.8 Å². The van der Waals surface area contributed by atoms with Gasteiger partial charge in [0, 0.05) is 43.2 Å². The number of carbonyl (C=O) groups is 1. The lowest BCUT2D eigenvalue weighted by Gasteiger charge is -2.28. The van der Waals surface area contributed by atoms with Crippen LogP contribution in [0.1, 0.15) is 29.6 Å². The Labute approximate surface area is 141 Å². The molecule has 0 N–H and O–H groups in total. The van der Waals surface area contributed by atoms with E-state index < -0.39 is 0 Å². The Bertz CT molecular complexity index is 707. The zero-order valence-electron chi connectivity index (χ0n) is 13.6. The summed E-state index contributed by atoms with van der Waals surface area (Å²) in [4.78, 5) is 23.0. The fourth-order valence-corrected chi connectivity index (χ4v) is 4.13. The van der Waals surface area contributed by atoms with Crippen molar-refractivity contribution >= 4 is 5.91 Å². The number of likely N-dealkylation sites (tertiary alicyclic amines) is 1. The Morgan fingerprint density at radius 2 is 2.25 bits per heavy atom. The molecule has 5 nitrogen and oxygen atoms in total. The lowest BCUT2D eigenvalue weighted by molar-refractivity contribution is 0.0744. The van der Waals surface area contributed by atoms with Crippen LogP contribution in [0, 0.1) is 11.3 Å². The first-order chi connectivity index (χ1) is 11.8. The van der Waals surface area contributed by atoms with E-state index in [9.17, 15) is 4.79 Å². The first kappa shape index (κ1) is 15.1. The fraction of sp³-hybridized carbons (Fsp3) is 0.421. The Balaban J connectivity index is 1.48. The number of pyridine rings is 2. The van der Waals surface area contributed by atoms with E-state index in [0.29, 0.717) is 24.0 Å². The van der Waals surface area contributed by atoms with E-state index in [-0.39, 0.29) is 11.3 Å². The van der Waals surface area contributed by atoms with Crippen LogP contribution in [0.4, 0.5) is 0 Å². The molecule has 1 amide bonds. The predicted molar refractivity (Wildman–Crippen MR) is 89.6 cm³/mol. The summed E-state index contributed by atoms with van der Waals surface area (Å²) in [5, 5.41) is 0. The van der Waals surface area contributed by atoms with Crippen molar-refractivity contribution in [1.82, 2.24) is 14.9 Å². The fourth-order valence-electron chi connectivity index (χ4n) is 4.13. The molecule has 0 bridgehead atoms. The van der Waals surface area contributed by atoms with Gasteiger partial charge in [0.25, 0.3) is 5.91 Å². The van der Waals surface area contributed by atoms with Crippen LogP contribution in [0.3, 0.4) is 0 Å². The van der Waals surface area contributed by atoms with Crippen molar-refractivity contribution in [2.24, 2.45) is 11.3 Å². The van der Waals surface area contributed by atoms with Crippen LogP contribution in [-0.2, 0) is 0 Å². The number of fused-ring (bicyclic) bond motifs is 1. The quantitative estimate of drug-likeness (QED) is 0.868. The minimum atomic E-state index is 0.0649. The second kappa shape index (κ2) is 6.23. The molecule has 0 spiro atoms. The number of carbonyl (C=O) groups excluding carboxylic acids is 1. The highest BCUT2D eigenvalue weighted by molar-refractivity contribution is 5.94. The summed E-state index contributed by atoms with van der Waals surface area (Å²) in [6.07, 6.45) is 8.58. The Kier molecular flexibility index (Phi) is 3.92. The third kappa shape index (κ3) is 2.75. The summed E-state index contributed by atoms with van der Waals surface area (Å²) in [7, 11) is 0. The standard InChI is InChI=1S/C19H21N3O2/c23-18(15-5-4-9-20-11-15)22-12-16-6-3-8-19(16,13-22)14-24-17-7-1-2-10-21-17/h1-2,4-5,7,9-11,16H,3,6,8,12-14H2/t16-,19+/m1/s1. The maximum atomic E-state index is 12.7. The minimum Gasteiger partial charge on any atom is -0.477 e. The largest absolute Gasteiger partial charge is 0.477 e. The molecule has 24 heavy (non-hydrogen) atoms. The molecule has 1 aliphatic carbocycles. The summed E-state index contributed by atoms with van der Waals surface area (Å²) < 4.78 is 5.97. The molecule has 1 saturated carbocycles. The van der Waals surface area contributed by atoms with Gasteiger partial charge in [-0.25, -0.2) is 4.98 Å². The number of hydrogen-bond acceptors (Lipinski definition) is 4. The molecule has 2 fully saturated rings. The zero-order valence-corrected chi connectivity index (χ0v) is 13.6. The molecule has 3 heterocycles. The van der Waals surface area contributed by atoms with Gasteiger partial charge in [-0.2, -0.15) is 0 Å². The van der Waals surface area contributed by atoms with Gasteiger partial charge in [-0.05, 0) is 37.0 Å². The lowest BCUT2D eigenvalue weighted by atomic mass is 9.81. The monoisotopic (exact) mass is 323 g/mol. The number of amides is 1. The Morgan fingerprint density at radius 1 is 1.29 bits per heavy atom. The molecule has 1 aliphatic heterocycles. The van der Waals surface area contributed by atoms with Crippen LogP contribution in [-0.4, -0.2) is 40.5 Å².